The average Bonchev–Trinajstić information content (AvgIpc) is 3.12. The summed E-state index contributed by atoms with van der Waals surface area (Å²) in [5.74, 6) is -0.685. The van der Waals surface area contributed by atoms with E-state index >= 15 is 0 Å². The summed E-state index contributed by atoms with van der Waals surface area (Å²) in [5, 5.41) is 12.2. The normalized spacial score (nSPS) is 35.7. The van der Waals surface area contributed by atoms with Crippen molar-refractivity contribution in [2.75, 3.05) is 0 Å². The molecule has 252 valence electrons. The van der Waals surface area contributed by atoms with Gasteiger partial charge < -0.3 is 24.1 Å². The third-order valence-corrected chi connectivity index (χ3v) is 11.6. The van der Waals surface area contributed by atoms with Crippen LogP contribution in [0.1, 0.15) is 109 Å². The number of phenols is 1. The maximum atomic E-state index is 15.0. The summed E-state index contributed by atoms with van der Waals surface area (Å²) in [6.07, 6.45) is 9.74. The molecule has 4 aliphatic carbocycles. The van der Waals surface area contributed by atoms with Gasteiger partial charge in [0.25, 0.3) is 6.47 Å². The zero-order chi connectivity index (χ0) is 33.1. The number of carbonyl (C=O) groups is 3. The number of rotatable bonds is 7. The van der Waals surface area contributed by atoms with E-state index in [4.69, 9.17) is 18.9 Å². The number of phenolic OH excluding ortho intramolecular Hbond substituents is 1. The van der Waals surface area contributed by atoms with Gasteiger partial charge in [-0.1, -0.05) is 37.3 Å². The Morgan fingerprint density at radius 1 is 1.17 bits per heavy atom. The van der Waals surface area contributed by atoms with Crippen LogP contribution in [0, 0.1) is 17.8 Å². The molecule has 1 aromatic carbocycles. The second-order valence-electron chi connectivity index (χ2n) is 15.4. The second kappa shape index (κ2) is 10.7. The SMILES string of the molecule is C.C=C(C)[C@@H]1CC[C@@]2(C)CC1c1c(O)c3c(c(CC=C(C)C)c1O2)O[C@]12C(=CC4CC1C(C)(C)O[C@]2(/C=C/C(C)OC=O)C4=O)C3=O. The first-order valence-corrected chi connectivity index (χ1v) is 16.5. The highest BCUT2D eigenvalue weighted by Gasteiger charge is 2.81. The van der Waals surface area contributed by atoms with Crippen molar-refractivity contribution in [1.29, 1.82) is 0 Å². The van der Waals surface area contributed by atoms with E-state index in [1.807, 2.05) is 34.6 Å². The number of Topliss-reactive ketones (excluding diaryl/α,β-unsaturated/α-hetero) is 2. The lowest BCUT2D eigenvalue weighted by atomic mass is 9.51. The molecule has 8 rings (SSSR count). The molecule has 0 radical (unpaired) electrons. The van der Waals surface area contributed by atoms with Crippen LogP contribution < -0.4 is 9.47 Å². The molecule has 2 saturated carbocycles. The number of aromatic hydroxyl groups is 1. The van der Waals surface area contributed by atoms with Gasteiger partial charge >= 0.3 is 0 Å². The van der Waals surface area contributed by atoms with Gasteiger partial charge in [0.1, 0.15) is 34.5 Å². The number of benzene rings is 1. The predicted molar refractivity (Wildman–Crippen MR) is 178 cm³/mol. The summed E-state index contributed by atoms with van der Waals surface area (Å²) in [7, 11) is 0. The largest absolute Gasteiger partial charge is 0.507 e. The zero-order valence-electron chi connectivity index (χ0n) is 27.8. The van der Waals surface area contributed by atoms with Crippen LogP contribution in [0.15, 0.2) is 47.6 Å². The van der Waals surface area contributed by atoms with Gasteiger partial charge in [-0.3, -0.25) is 14.4 Å². The Morgan fingerprint density at radius 2 is 1.89 bits per heavy atom. The Kier molecular flexibility index (Phi) is 7.56. The first kappa shape index (κ1) is 33.3. The maximum absolute atomic E-state index is 15.0. The Hall–Kier alpha value is -3.65. The van der Waals surface area contributed by atoms with Crippen molar-refractivity contribution in [3.05, 3.63) is 64.3 Å². The van der Waals surface area contributed by atoms with Crippen LogP contribution >= 0.6 is 0 Å². The number of fused-ring (bicyclic) bond motifs is 5. The summed E-state index contributed by atoms with van der Waals surface area (Å²) < 4.78 is 25.9. The smallest absolute Gasteiger partial charge is 0.293 e. The molecule has 3 aliphatic heterocycles. The van der Waals surface area contributed by atoms with E-state index in [9.17, 15) is 19.5 Å². The Bertz CT molecular complexity index is 1690. The van der Waals surface area contributed by atoms with Gasteiger partial charge in [-0.15, -0.1) is 0 Å². The number of ether oxygens (including phenoxy) is 4. The molecule has 3 heterocycles. The summed E-state index contributed by atoms with van der Waals surface area (Å²) in [6.45, 7) is 18.4. The van der Waals surface area contributed by atoms with Crippen LogP contribution in [0.3, 0.4) is 0 Å². The summed E-state index contributed by atoms with van der Waals surface area (Å²) in [5.41, 5.74) is -0.480. The monoisotopic (exact) mass is 644 g/mol. The van der Waals surface area contributed by atoms with Crippen LogP contribution in [0.25, 0.3) is 0 Å². The van der Waals surface area contributed by atoms with E-state index in [2.05, 4.69) is 19.6 Å². The van der Waals surface area contributed by atoms with Gasteiger partial charge in [-0.25, -0.2) is 0 Å². The fourth-order valence-electron chi connectivity index (χ4n) is 9.52. The molecule has 0 amide bonds. The molecule has 3 fully saturated rings. The molecule has 1 saturated heterocycles. The molecule has 1 N–H and O–H groups in total. The van der Waals surface area contributed by atoms with Crippen molar-refractivity contribution in [1.82, 2.24) is 0 Å². The molecule has 1 aromatic rings. The van der Waals surface area contributed by atoms with Gasteiger partial charge in [0, 0.05) is 34.5 Å². The van der Waals surface area contributed by atoms with Crippen LogP contribution in [0.5, 0.6) is 17.2 Å². The van der Waals surface area contributed by atoms with Crippen molar-refractivity contribution in [2.24, 2.45) is 17.8 Å². The lowest BCUT2D eigenvalue weighted by Gasteiger charge is -2.56. The molecular formula is C39H48O8. The van der Waals surface area contributed by atoms with E-state index in [-0.39, 0.29) is 53.8 Å². The molecule has 0 aromatic heterocycles. The van der Waals surface area contributed by atoms with E-state index in [1.54, 1.807) is 25.2 Å². The van der Waals surface area contributed by atoms with Crippen molar-refractivity contribution in [3.63, 3.8) is 0 Å². The highest BCUT2D eigenvalue weighted by Crippen LogP contribution is 2.69. The molecule has 47 heavy (non-hydrogen) atoms. The molecule has 7 aliphatic rings. The van der Waals surface area contributed by atoms with Crippen molar-refractivity contribution >= 4 is 18.0 Å². The predicted octanol–water partition coefficient (Wildman–Crippen LogP) is 7.27. The molecule has 6 bridgehead atoms. The fraction of sp³-hybridized carbons (Fsp3) is 0.564. The summed E-state index contributed by atoms with van der Waals surface area (Å²) in [6, 6.07) is 0. The highest BCUT2D eigenvalue weighted by atomic mass is 16.6. The topological polar surface area (TPSA) is 108 Å². The molecule has 8 nitrogen and oxygen atoms in total. The lowest BCUT2D eigenvalue weighted by molar-refractivity contribution is -0.160. The molecule has 8 heteroatoms. The third kappa shape index (κ3) is 4.32. The molecule has 1 spiro atoms. The lowest BCUT2D eigenvalue weighted by Crippen LogP contribution is -2.71. The van der Waals surface area contributed by atoms with Crippen molar-refractivity contribution < 1.29 is 38.4 Å². The first-order valence-electron chi connectivity index (χ1n) is 16.5. The number of ketones is 2. The average molecular weight is 645 g/mol. The van der Waals surface area contributed by atoms with Gasteiger partial charge in [0.2, 0.25) is 0 Å². The Labute approximate surface area is 277 Å². The van der Waals surface area contributed by atoms with Gasteiger partial charge in [-0.2, -0.15) is 0 Å². The maximum Gasteiger partial charge on any atom is 0.293 e. The first-order chi connectivity index (χ1) is 21.6. The van der Waals surface area contributed by atoms with E-state index in [1.165, 1.54) is 0 Å². The van der Waals surface area contributed by atoms with Gasteiger partial charge in [0.05, 0.1) is 5.60 Å². The number of carbonyl (C=O) groups excluding carboxylic acids is 3. The number of hydrogen-bond donors (Lipinski definition) is 1. The van der Waals surface area contributed by atoms with E-state index in [0.717, 1.165) is 24.0 Å². The number of hydrogen-bond acceptors (Lipinski definition) is 8. The summed E-state index contributed by atoms with van der Waals surface area (Å²) >= 11 is 0. The van der Waals surface area contributed by atoms with Gasteiger partial charge in [-0.05, 0) is 98.6 Å². The van der Waals surface area contributed by atoms with Gasteiger partial charge in [0.15, 0.2) is 22.8 Å². The minimum absolute atomic E-state index is 0. The van der Waals surface area contributed by atoms with E-state index < -0.39 is 34.4 Å². The summed E-state index contributed by atoms with van der Waals surface area (Å²) in [4.78, 5) is 40.4. The van der Waals surface area contributed by atoms with Crippen molar-refractivity contribution in [2.45, 2.75) is 122 Å². The van der Waals surface area contributed by atoms with Crippen LogP contribution in [0.4, 0.5) is 0 Å². The molecular weight excluding hydrogens is 596 g/mol. The molecule has 4 unspecified atom stereocenters. The Morgan fingerprint density at radius 3 is 2.55 bits per heavy atom. The Balaban J connectivity index is 0.00000386. The van der Waals surface area contributed by atoms with Crippen LogP contribution in [-0.2, 0) is 25.5 Å². The van der Waals surface area contributed by atoms with E-state index in [0.29, 0.717) is 48.2 Å². The van der Waals surface area contributed by atoms with Crippen LogP contribution in [-0.4, -0.2) is 51.7 Å². The van der Waals surface area contributed by atoms with Crippen LogP contribution in [0.2, 0.25) is 0 Å². The standard InChI is InChI=1S/C38H44O8.CH4/c1-19(2)9-10-24-32-28(25-17-36(8,44-32)13-12-23(25)20(3)4)31(41)29-30(40)26-15-22-16-27-35(6,7)46-37(34(22)42,14-11-21(5)43-18-39)38(26,27)45-33(24)29;/h9,11,14-15,18,21-23,25,27,41H,3,10,12-13,16-17H2,1-2,4-8H3;1H4/b14-11+;/t21?,22?,23-,25?,27?,36-,37+,38+;/m0./s1. The van der Waals surface area contributed by atoms with Crippen molar-refractivity contribution in [3.8, 4) is 17.2 Å². The number of allylic oxidation sites excluding steroid dienone is 4. The second-order valence-corrected chi connectivity index (χ2v) is 15.4. The third-order valence-electron chi connectivity index (χ3n) is 11.6. The zero-order valence-corrected chi connectivity index (χ0v) is 27.8. The minimum atomic E-state index is -1.64. The minimum Gasteiger partial charge on any atom is -0.507 e. The molecule has 8 atom stereocenters. The quantitative estimate of drug-likeness (QED) is 0.244. The highest BCUT2D eigenvalue weighted by molar-refractivity contribution is 6.19. The fourth-order valence-corrected chi connectivity index (χ4v) is 9.52.